The van der Waals surface area contributed by atoms with Gasteiger partial charge in [-0.15, -0.1) is 0 Å². The minimum absolute atomic E-state index is 0.250. The van der Waals surface area contributed by atoms with Gasteiger partial charge < -0.3 is 5.32 Å². The summed E-state index contributed by atoms with van der Waals surface area (Å²) in [5, 5.41) is 11.2. The number of hydroxylamine groups is 1. The van der Waals surface area contributed by atoms with Gasteiger partial charge in [0.25, 0.3) is 11.8 Å². The number of anilines is 1. The molecular weight excluding hydrogens is 348 g/mol. The second kappa shape index (κ2) is 7.53. The Morgan fingerprint density at radius 3 is 2.59 bits per heavy atom. The summed E-state index contributed by atoms with van der Waals surface area (Å²) in [5.74, 6) is -0.885. The van der Waals surface area contributed by atoms with Crippen molar-refractivity contribution in [3.8, 4) is 0 Å². The Morgan fingerprint density at radius 1 is 1.09 bits per heavy atom. The monoisotopic (exact) mass is 360 g/mol. The maximum absolute atomic E-state index is 12.2. The molecule has 22 heavy (non-hydrogen) atoms. The van der Waals surface area contributed by atoms with Crippen LogP contribution in [-0.4, -0.2) is 17.0 Å². The molecule has 0 fully saturated rings. The number of rotatable bonds is 4. The zero-order valence-corrected chi connectivity index (χ0v) is 13.0. The summed E-state index contributed by atoms with van der Waals surface area (Å²) in [6.07, 6.45) is 2.67. The Labute approximate surface area is 135 Å². The summed E-state index contributed by atoms with van der Waals surface area (Å²) >= 11 is 3.34. The van der Waals surface area contributed by atoms with Crippen LogP contribution in [0.2, 0.25) is 0 Å². The van der Waals surface area contributed by atoms with E-state index in [1.807, 2.05) is 12.1 Å². The molecule has 0 spiro atoms. The highest BCUT2D eigenvalue weighted by atomic mass is 79.9. The number of nitrogens with one attached hydrogen (secondary N) is 2. The van der Waals surface area contributed by atoms with Crippen LogP contribution in [0.25, 0.3) is 6.08 Å². The van der Waals surface area contributed by atoms with Gasteiger partial charge in [-0.05, 0) is 42.0 Å². The fraction of sp³-hybridized carbons (Fsp3) is 0. The SMILES string of the molecule is O=C(C=Cc1cccc(C(=O)Nc2cccc(Br)c2)c1)NO. The molecule has 0 heterocycles. The molecule has 0 saturated carbocycles. The summed E-state index contributed by atoms with van der Waals surface area (Å²) in [6.45, 7) is 0. The second-order valence-corrected chi connectivity index (χ2v) is 5.31. The highest BCUT2D eigenvalue weighted by Gasteiger charge is 2.06. The summed E-state index contributed by atoms with van der Waals surface area (Å²) in [7, 11) is 0. The van der Waals surface area contributed by atoms with Crippen LogP contribution >= 0.6 is 15.9 Å². The van der Waals surface area contributed by atoms with E-state index < -0.39 is 5.91 Å². The standard InChI is InChI=1S/C16H13BrN2O3/c17-13-5-2-6-14(10-13)18-16(21)12-4-1-3-11(9-12)7-8-15(20)19-22/h1-10,22H,(H,18,21)(H,19,20). The molecule has 0 aromatic heterocycles. The number of halogens is 1. The molecular formula is C16H13BrN2O3. The van der Waals surface area contributed by atoms with Crippen molar-refractivity contribution in [1.82, 2.24) is 5.48 Å². The van der Waals surface area contributed by atoms with Crippen molar-refractivity contribution in [2.75, 3.05) is 5.32 Å². The summed E-state index contributed by atoms with van der Waals surface area (Å²) in [5.41, 5.74) is 3.32. The smallest absolute Gasteiger partial charge is 0.267 e. The molecule has 0 bridgehead atoms. The van der Waals surface area contributed by atoms with E-state index in [4.69, 9.17) is 5.21 Å². The van der Waals surface area contributed by atoms with Gasteiger partial charge in [0, 0.05) is 21.8 Å². The molecule has 0 aliphatic rings. The minimum atomic E-state index is -0.635. The fourth-order valence-electron chi connectivity index (χ4n) is 1.76. The van der Waals surface area contributed by atoms with Crippen LogP contribution in [0.3, 0.4) is 0 Å². The first-order valence-corrected chi connectivity index (χ1v) is 7.17. The average molecular weight is 361 g/mol. The number of benzene rings is 2. The Bertz CT molecular complexity index is 729. The summed E-state index contributed by atoms with van der Waals surface area (Å²) < 4.78 is 0.872. The van der Waals surface area contributed by atoms with Crippen LogP contribution in [0.4, 0.5) is 5.69 Å². The lowest BCUT2D eigenvalue weighted by Crippen LogP contribution is -2.14. The first-order chi connectivity index (χ1) is 10.6. The van der Waals surface area contributed by atoms with E-state index in [0.29, 0.717) is 16.8 Å². The van der Waals surface area contributed by atoms with Crippen molar-refractivity contribution in [2.24, 2.45) is 0 Å². The zero-order chi connectivity index (χ0) is 15.9. The van der Waals surface area contributed by atoms with Crippen molar-refractivity contribution in [2.45, 2.75) is 0 Å². The summed E-state index contributed by atoms with van der Waals surface area (Å²) in [4.78, 5) is 23.1. The van der Waals surface area contributed by atoms with E-state index in [-0.39, 0.29) is 5.91 Å². The number of hydrogen-bond donors (Lipinski definition) is 3. The number of carbonyl (C=O) groups is 2. The number of amides is 2. The van der Waals surface area contributed by atoms with Gasteiger partial charge in [0.05, 0.1) is 0 Å². The van der Waals surface area contributed by atoms with Crippen LogP contribution in [-0.2, 0) is 4.79 Å². The van der Waals surface area contributed by atoms with E-state index >= 15 is 0 Å². The molecule has 0 saturated heterocycles. The van der Waals surface area contributed by atoms with Gasteiger partial charge in [0.1, 0.15) is 0 Å². The van der Waals surface area contributed by atoms with Gasteiger partial charge in [0.2, 0.25) is 0 Å². The van der Waals surface area contributed by atoms with Gasteiger partial charge in [-0.25, -0.2) is 5.48 Å². The Kier molecular flexibility index (Phi) is 5.46. The molecule has 2 amide bonds. The third kappa shape index (κ3) is 4.54. The molecule has 0 aliphatic carbocycles. The zero-order valence-electron chi connectivity index (χ0n) is 11.4. The Balaban J connectivity index is 2.13. The second-order valence-electron chi connectivity index (χ2n) is 4.40. The van der Waals surface area contributed by atoms with Gasteiger partial charge in [-0.2, -0.15) is 0 Å². The maximum atomic E-state index is 12.2. The van der Waals surface area contributed by atoms with E-state index in [2.05, 4.69) is 21.2 Å². The molecule has 0 unspecified atom stereocenters. The average Bonchev–Trinajstić information content (AvgIpc) is 2.53. The lowest BCUT2D eigenvalue weighted by molar-refractivity contribution is -0.124. The van der Waals surface area contributed by atoms with Crippen molar-refractivity contribution in [3.05, 3.63) is 70.2 Å². The predicted molar refractivity (Wildman–Crippen MR) is 87.5 cm³/mol. The van der Waals surface area contributed by atoms with Crippen molar-refractivity contribution >= 4 is 39.5 Å². The topological polar surface area (TPSA) is 78.4 Å². The first-order valence-electron chi connectivity index (χ1n) is 6.37. The number of carbonyl (C=O) groups excluding carboxylic acids is 2. The Morgan fingerprint density at radius 2 is 1.86 bits per heavy atom. The van der Waals surface area contributed by atoms with Gasteiger partial charge in [-0.1, -0.05) is 34.1 Å². The van der Waals surface area contributed by atoms with E-state index in [9.17, 15) is 9.59 Å². The summed E-state index contributed by atoms with van der Waals surface area (Å²) in [6, 6.07) is 14.1. The third-order valence-electron chi connectivity index (χ3n) is 2.77. The molecule has 2 aromatic carbocycles. The van der Waals surface area contributed by atoms with E-state index in [1.165, 1.54) is 17.6 Å². The van der Waals surface area contributed by atoms with Crippen molar-refractivity contribution in [3.63, 3.8) is 0 Å². The van der Waals surface area contributed by atoms with E-state index in [0.717, 1.165) is 4.47 Å². The maximum Gasteiger partial charge on any atom is 0.267 e. The molecule has 0 atom stereocenters. The normalized spacial score (nSPS) is 10.5. The lowest BCUT2D eigenvalue weighted by Gasteiger charge is -2.06. The molecule has 3 N–H and O–H groups in total. The minimum Gasteiger partial charge on any atom is -0.322 e. The molecule has 112 valence electrons. The van der Waals surface area contributed by atoms with Gasteiger partial charge in [0.15, 0.2) is 0 Å². The molecule has 5 nitrogen and oxygen atoms in total. The van der Waals surface area contributed by atoms with Crippen molar-refractivity contribution < 1.29 is 14.8 Å². The van der Waals surface area contributed by atoms with Crippen LogP contribution < -0.4 is 10.8 Å². The Hall–Kier alpha value is -2.44. The van der Waals surface area contributed by atoms with Crippen molar-refractivity contribution in [1.29, 1.82) is 0 Å². The van der Waals surface area contributed by atoms with Crippen LogP contribution in [0.1, 0.15) is 15.9 Å². The predicted octanol–water partition coefficient (Wildman–Crippen LogP) is 3.22. The largest absolute Gasteiger partial charge is 0.322 e. The quantitative estimate of drug-likeness (QED) is 0.445. The fourth-order valence-corrected chi connectivity index (χ4v) is 2.16. The molecule has 0 radical (unpaired) electrons. The number of hydrogen-bond acceptors (Lipinski definition) is 3. The van der Waals surface area contributed by atoms with Gasteiger partial charge in [-0.3, -0.25) is 14.8 Å². The van der Waals surface area contributed by atoms with Crippen LogP contribution in [0, 0.1) is 0 Å². The highest BCUT2D eigenvalue weighted by molar-refractivity contribution is 9.10. The molecule has 6 heteroatoms. The highest BCUT2D eigenvalue weighted by Crippen LogP contribution is 2.17. The van der Waals surface area contributed by atoms with E-state index in [1.54, 1.807) is 36.4 Å². The van der Waals surface area contributed by atoms with Gasteiger partial charge >= 0.3 is 0 Å². The first kappa shape index (κ1) is 15.9. The molecule has 2 rings (SSSR count). The molecule has 2 aromatic rings. The van der Waals surface area contributed by atoms with Crippen LogP contribution in [0.5, 0.6) is 0 Å². The molecule has 0 aliphatic heterocycles. The third-order valence-corrected chi connectivity index (χ3v) is 3.26. The lowest BCUT2D eigenvalue weighted by atomic mass is 10.1. The van der Waals surface area contributed by atoms with Crippen LogP contribution in [0.15, 0.2) is 59.1 Å².